The number of allylic oxidation sites excluding steroid dienone is 3. The largest absolute Gasteiger partial charge is 0.465 e. The molecule has 0 radical (unpaired) electrons. The summed E-state index contributed by atoms with van der Waals surface area (Å²) in [5.74, 6) is 1.83. The number of carbonyl (C=O) groups excluding carboxylic acids is 2. The van der Waals surface area contributed by atoms with Crippen molar-refractivity contribution in [2.75, 3.05) is 13.2 Å². The highest BCUT2D eigenvalue weighted by atomic mass is 16.5. The highest BCUT2D eigenvalue weighted by Gasteiger charge is 2.31. The highest BCUT2D eigenvalue weighted by molar-refractivity contribution is 5.66. The van der Waals surface area contributed by atoms with Crippen LogP contribution in [0.25, 0.3) is 6.08 Å². The standard InChI is InChI=1S/C22H26O4/c1-5-18(2)13-15-22(16-25-19(3)23,17-26-20(4)24)14-9-12-21-10-7-6-8-11-21/h1,6-13H,14-17H2,2-4H3/b12-9+,18-13+. The lowest BCUT2D eigenvalue weighted by Gasteiger charge is -2.30. The van der Waals surface area contributed by atoms with Gasteiger partial charge in [0.25, 0.3) is 0 Å². The Kier molecular flexibility index (Phi) is 8.94. The van der Waals surface area contributed by atoms with Gasteiger partial charge in [0.1, 0.15) is 13.2 Å². The molecule has 0 saturated heterocycles. The van der Waals surface area contributed by atoms with Crippen LogP contribution in [0.15, 0.2) is 48.1 Å². The van der Waals surface area contributed by atoms with E-state index in [0.717, 1.165) is 11.1 Å². The summed E-state index contributed by atoms with van der Waals surface area (Å²) in [6.07, 6.45) is 12.4. The van der Waals surface area contributed by atoms with Crippen LogP contribution in [0.3, 0.4) is 0 Å². The normalized spacial score (nSPS) is 11.8. The fourth-order valence-electron chi connectivity index (χ4n) is 2.31. The summed E-state index contributed by atoms with van der Waals surface area (Å²) in [4.78, 5) is 22.6. The first kappa shape index (κ1) is 21.2. The SMILES string of the molecule is C#C/C(C)=C/CC(C/C=C/c1ccccc1)(COC(C)=O)COC(C)=O. The first-order valence-electron chi connectivity index (χ1n) is 8.48. The minimum absolute atomic E-state index is 0.142. The molecule has 0 saturated carbocycles. The summed E-state index contributed by atoms with van der Waals surface area (Å²) in [5.41, 5.74) is 1.28. The maximum absolute atomic E-state index is 11.3. The summed E-state index contributed by atoms with van der Waals surface area (Å²) in [6, 6.07) is 9.88. The Hall–Kier alpha value is -2.80. The molecule has 0 atom stereocenters. The molecule has 1 aromatic rings. The number of carbonyl (C=O) groups is 2. The van der Waals surface area contributed by atoms with Crippen LogP contribution in [0, 0.1) is 17.8 Å². The average Bonchev–Trinajstić information content (AvgIpc) is 2.63. The quantitative estimate of drug-likeness (QED) is 0.493. The van der Waals surface area contributed by atoms with Gasteiger partial charge in [-0.3, -0.25) is 9.59 Å². The topological polar surface area (TPSA) is 52.6 Å². The zero-order chi connectivity index (χ0) is 19.4. The number of terminal acetylenes is 1. The Labute approximate surface area is 155 Å². The van der Waals surface area contributed by atoms with E-state index in [1.165, 1.54) is 13.8 Å². The molecule has 0 heterocycles. The van der Waals surface area contributed by atoms with Crippen molar-refractivity contribution in [1.82, 2.24) is 0 Å². The number of ether oxygens (including phenoxy) is 2. The second kappa shape index (κ2) is 10.9. The van der Waals surface area contributed by atoms with Gasteiger partial charge in [-0.1, -0.05) is 54.5 Å². The molecule has 1 rings (SSSR count). The van der Waals surface area contributed by atoms with Crippen molar-refractivity contribution in [3.05, 3.63) is 53.6 Å². The third kappa shape index (κ3) is 8.34. The Morgan fingerprint density at radius 2 is 1.62 bits per heavy atom. The van der Waals surface area contributed by atoms with Crippen molar-refractivity contribution in [3.63, 3.8) is 0 Å². The van der Waals surface area contributed by atoms with Crippen LogP contribution >= 0.6 is 0 Å². The van der Waals surface area contributed by atoms with E-state index in [9.17, 15) is 9.59 Å². The van der Waals surface area contributed by atoms with Gasteiger partial charge < -0.3 is 9.47 Å². The third-order valence-corrected chi connectivity index (χ3v) is 3.89. The van der Waals surface area contributed by atoms with Gasteiger partial charge >= 0.3 is 11.9 Å². The minimum atomic E-state index is -0.569. The van der Waals surface area contributed by atoms with E-state index >= 15 is 0 Å². The molecule has 0 aliphatic heterocycles. The number of hydrogen-bond donors (Lipinski definition) is 0. The van der Waals surface area contributed by atoms with Crippen LogP contribution < -0.4 is 0 Å². The molecule has 0 spiro atoms. The molecule has 4 nitrogen and oxygen atoms in total. The van der Waals surface area contributed by atoms with Gasteiger partial charge in [0.15, 0.2) is 0 Å². The van der Waals surface area contributed by atoms with Gasteiger partial charge in [-0.05, 0) is 30.9 Å². The highest BCUT2D eigenvalue weighted by Crippen LogP contribution is 2.30. The third-order valence-electron chi connectivity index (χ3n) is 3.89. The van der Waals surface area contributed by atoms with E-state index in [1.807, 2.05) is 55.5 Å². The molecular formula is C22H26O4. The predicted octanol–water partition coefficient (Wildman–Crippen LogP) is 4.17. The van der Waals surface area contributed by atoms with Crippen LogP contribution in [0.2, 0.25) is 0 Å². The van der Waals surface area contributed by atoms with Crippen LogP contribution in [0.1, 0.15) is 39.2 Å². The minimum Gasteiger partial charge on any atom is -0.465 e. The predicted molar refractivity (Wildman–Crippen MR) is 103 cm³/mol. The first-order valence-corrected chi connectivity index (χ1v) is 8.48. The lowest BCUT2D eigenvalue weighted by atomic mass is 9.81. The Morgan fingerprint density at radius 3 is 2.12 bits per heavy atom. The van der Waals surface area contributed by atoms with Gasteiger partial charge in [-0.15, -0.1) is 6.42 Å². The molecular weight excluding hydrogens is 328 g/mol. The molecule has 1 aromatic carbocycles. The molecule has 0 amide bonds. The van der Waals surface area contributed by atoms with E-state index in [4.69, 9.17) is 15.9 Å². The second-order valence-electron chi connectivity index (χ2n) is 6.31. The molecule has 0 N–H and O–H groups in total. The zero-order valence-corrected chi connectivity index (χ0v) is 15.7. The Balaban J connectivity index is 3.02. The van der Waals surface area contributed by atoms with Gasteiger partial charge in [0, 0.05) is 19.3 Å². The van der Waals surface area contributed by atoms with Crippen LogP contribution in [0.5, 0.6) is 0 Å². The molecule has 4 heteroatoms. The summed E-state index contributed by atoms with van der Waals surface area (Å²) >= 11 is 0. The molecule has 138 valence electrons. The fourth-order valence-corrected chi connectivity index (χ4v) is 2.31. The number of rotatable bonds is 9. The Bertz CT molecular complexity index is 675. The summed E-state index contributed by atoms with van der Waals surface area (Å²) in [5, 5.41) is 0. The number of benzene rings is 1. The fraction of sp³-hybridized carbons (Fsp3) is 0.364. The maximum atomic E-state index is 11.3. The van der Waals surface area contributed by atoms with E-state index in [1.54, 1.807) is 0 Å². The van der Waals surface area contributed by atoms with Gasteiger partial charge in [0.05, 0.1) is 0 Å². The molecule has 0 aliphatic carbocycles. The van der Waals surface area contributed by atoms with Crippen molar-refractivity contribution in [2.24, 2.45) is 5.41 Å². The molecule has 0 bridgehead atoms. The first-order chi connectivity index (χ1) is 12.4. The maximum Gasteiger partial charge on any atom is 0.302 e. The van der Waals surface area contributed by atoms with Crippen molar-refractivity contribution in [3.8, 4) is 12.3 Å². The molecule has 0 fully saturated rings. The number of esters is 2. The smallest absolute Gasteiger partial charge is 0.302 e. The lowest BCUT2D eigenvalue weighted by Crippen LogP contribution is -2.33. The van der Waals surface area contributed by atoms with E-state index in [2.05, 4.69) is 5.92 Å². The van der Waals surface area contributed by atoms with Crippen LogP contribution in [-0.2, 0) is 19.1 Å². The molecule has 0 aromatic heterocycles. The van der Waals surface area contributed by atoms with Gasteiger partial charge in [-0.25, -0.2) is 0 Å². The average molecular weight is 354 g/mol. The monoisotopic (exact) mass is 354 g/mol. The molecule has 26 heavy (non-hydrogen) atoms. The summed E-state index contributed by atoms with van der Waals surface area (Å²) in [7, 11) is 0. The van der Waals surface area contributed by atoms with E-state index < -0.39 is 5.41 Å². The number of hydrogen-bond acceptors (Lipinski definition) is 4. The second-order valence-corrected chi connectivity index (χ2v) is 6.31. The van der Waals surface area contributed by atoms with Gasteiger partial charge in [-0.2, -0.15) is 0 Å². The van der Waals surface area contributed by atoms with Crippen LogP contribution in [-0.4, -0.2) is 25.2 Å². The lowest BCUT2D eigenvalue weighted by molar-refractivity contribution is -0.151. The van der Waals surface area contributed by atoms with E-state index in [0.29, 0.717) is 12.8 Å². The Morgan fingerprint density at radius 1 is 1.04 bits per heavy atom. The zero-order valence-electron chi connectivity index (χ0n) is 15.7. The van der Waals surface area contributed by atoms with Crippen molar-refractivity contribution < 1.29 is 19.1 Å². The van der Waals surface area contributed by atoms with Crippen molar-refractivity contribution in [1.29, 1.82) is 0 Å². The van der Waals surface area contributed by atoms with Crippen molar-refractivity contribution >= 4 is 18.0 Å². The van der Waals surface area contributed by atoms with Crippen LogP contribution in [0.4, 0.5) is 0 Å². The van der Waals surface area contributed by atoms with Crippen molar-refractivity contribution in [2.45, 2.75) is 33.6 Å². The van der Waals surface area contributed by atoms with E-state index in [-0.39, 0.29) is 25.2 Å². The van der Waals surface area contributed by atoms with Gasteiger partial charge in [0.2, 0.25) is 0 Å². The molecule has 0 aliphatic rings. The molecule has 0 unspecified atom stereocenters. The summed E-state index contributed by atoms with van der Waals surface area (Å²) < 4.78 is 10.5. The summed E-state index contributed by atoms with van der Waals surface area (Å²) in [6.45, 7) is 4.84.